The van der Waals surface area contributed by atoms with Crippen LogP contribution in [0.1, 0.15) is 6.92 Å². The molecule has 0 saturated carbocycles. The lowest BCUT2D eigenvalue weighted by Crippen LogP contribution is -2.31. The second-order valence-electron chi connectivity index (χ2n) is 5.10. The third-order valence-corrected chi connectivity index (χ3v) is 3.40. The van der Waals surface area contributed by atoms with Crippen molar-refractivity contribution in [1.82, 2.24) is 0 Å². The van der Waals surface area contributed by atoms with Crippen molar-refractivity contribution in [2.45, 2.75) is 13.0 Å². The molecule has 132 valence electrons. The van der Waals surface area contributed by atoms with Gasteiger partial charge in [0.2, 0.25) is 0 Å². The Kier molecular flexibility index (Phi) is 6.65. The highest BCUT2D eigenvalue weighted by Crippen LogP contribution is 2.18. The predicted octanol–water partition coefficient (Wildman–Crippen LogP) is 3.30. The van der Waals surface area contributed by atoms with Crippen molar-refractivity contribution < 1.29 is 23.8 Å². The monoisotopic (exact) mass is 363 g/mol. The standard InChI is InChI=1S/C18H18ClNO5/c1-12(18(22)20-14-6-4-7-15(10-14)23-2)25-17(21)11-24-16-8-3-5-13(19)9-16/h3-10,12H,11H2,1-2H3,(H,20,22)/t12-/m0/s1. The first-order valence-corrected chi connectivity index (χ1v) is 7.88. The molecular weight excluding hydrogens is 346 g/mol. The van der Waals surface area contributed by atoms with E-state index in [-0.39, 0.29) is 6.61 Å². The van der Waals surface area contributed by atoms with E-state index in [1.807, 2.05) is 0 Å². The van der Waals surface area contributed by atoms with E-state index in [1.54, 1.807) is 48.5 Å². The lowest BCUT2D eigenvalue weighted by atomic mass is 10.3. The molecule has 0 radical (unpaired) electrons. The number of methoxy groups -OCH3 is 1. The molecule has 1 atom stereocenters. The molecule has 0 aliphatic heterocycles. The van der Waals surface area contributed by atoms with Gasteiger partial charge in [0.15, 0.2) is 12.7 Å². The summed E-state index contributed by atoms with van der Waals surface area (Å²) in [6.07, 6.45) is -0.971. The highest BCUT2D eigenvalue weighted by atomic mass is 35.5. The van der Waals surface area contributed by atoms with Gasteiger partial charge in [0.25, 0.3) is 5.91 Å². The maximum Gasteiger partial charge on any atom is 0.344 e. The van der Waals surface area contributed by atoms with E-state index in [0.717, 1.165) is 0 Å². The molecule has 6 nitrogen and oxygen atoms in total. The number of rotatable bonds is 7. The van der Waals surface area contributed by atoms with Crippen molar-refractivity contribution >= 4 is 29.2 Å². The molecule has 0 aliphatic rings. The van der Waals surface area contributed by atoms with Gasteiger partial charge in [0.1, 0.15) is 11.5 Å². The molecule has 0 aliphatic carbocycles. The third-order valence-electron chi connectivity index (χ3n) is 3.17. The van der Waals surface area contributed by atoms with E-state index < -0.39 is 18.0 Å². The first-order chi connectivity index (χ1) is 12.0. The van der Waals surface area contributed by atoms with Crippen LogP contribution in [-0.4, -0.2) is 31.7 Å². The van der Waals surface area contributed by atoms with E-state index in [4.69, 9.17) is 25.8 Å². The Hall–Kier alpha value is -2.73. The van der Waals surface area contributed by atoms with Gasteiger partial charge in [-0.25, -0.2) is 4.79 Å². The summed E-state index contributed by atoms with van der Waals surface area (Å²) in [5, 5.41) is 3.15. The predicted molar refractivity (Wildman–Crippen MR) is 94.1 cm³/mol. The number of nitrogens with one attached hydrogen (secondary N) is 1. The molecule has 2 rings (SSSR count). The Balaban J connectivity index is 1.82. The summed E-state index contributed by atoms with van der Waals surface area (Å²) in [5.74, 6) is -0.0621. The van der Waals surface area contributed by atoms with Gasteiger partial charge in [0, 0.05) is 16.8 Å². The SMILES string of the molecule is COc1cccc(NC(=O)[C@H](C)OC(=O)COc2cccc(Cl)c2)c1. The third kappa shape index (κ3) is 6.00. The first kappa shape index (κ1) is 18.6. The first-order valence-electron chi connectivity index (χ1n) is 7.50. The lowest BCUT2D eigenvalue weighted by Gasteiger charge is -2.14. The van der Waals surface area contributed by atoms with Crippen LogP contribution in [0.4, 0.5) is 5.69 Å². The largest absolute Gasteiger partial charge is 0.497 e. The zero-order valence-corrected chi connectivity index (χ0v) is 14.6. The molecule has 0 bridgehead atoms. The maximum atomic E-state index is 12.1. The normalized spacial score (nSPS) is 11.3. The zero-order valence-electron chi connectivity index (χ0n) is 13.8. The van der Waals surface area contributed by atoms with Crippen LogP contribution >= 0.6 is 11.6 Å². The van der Waals surface area contributed by atoms with Crippen LogP contribution in [0.25, 0.3) is 0 Å². The van der Waals surface area contributed by atoms with E-state index in [9.17, 15) is 9.59 Å². The summed E-state index contributed by atoms with van der Waals surface area (Å²) in [6.45, 7) is 1.16. The number of benzene rings is 2. The molecule has 2 aromatic rings. The molecule has 0 spiro atoms. The highest BCUT2D eigenvalue weighted by molar-refractivity contribution is 6.30. The minimum absolute atomic E-state index is 0.322. The summed E-state index contributed by atoms with van der Waals surface area (Å²) in [6, 6.07) is 13.5. The van der Waals surface area contributed by atoms with Crippen LogP contribution < -0.4 is 14.8 Å². The van der Waals surface area contributed by atoms with Crippen molar-refractivity contribution in [3.8, 4) is 11.5 Å². The van der Waals surface area contributed by atoms with Gasteiger partial charge in [-0.1, -0.05) is 23.7 Å². The lowest BCUT2D eigenvalue weighted by molar-refractivity contribution is -0.155. The molecule has 25 heavy (non-hydrogen) atoms. The summed E-state index contributed by atoms with van der Waals surface area (Å²) in [7, 11) is 1.53. The number of carbonyl (C=O) groups excluding carboxylic acids is 2. The number of hydrogen-bond acceptors (Lipinski definition) is 5. The summed E-state index contributed by atoms with van der Waals surface area (Å²) in [4.78, 5) is 23.9. The second-order valence-corrected chi connectivity index (χ2v) is 5.54. The zero-order chi connectivity index (χ0) is 18.2. The maximum absolute atomic E-state index is 12.1. The smallest absolute Gasteiger partial charge is 0.344 e. The molecule has 7 heteroatoms. The van der Waals surface area contributed by atoms with Gasteiger partial charge >= 0.3 is 5.97 Å². The van der Waals surface area contributed by atoms with Crippen LogP contribution in [0.3, 0.4) is 0 Å². The molecule has 2 aromatic carbocycles. The van der Waals surface area contributed by atoms with Crippen LogP contribution in [0.5, 0.6) is 11.5 Å². The van der Waals surface area contributed by atoms with Crippen LogP contribution in [0.2, 0.25) is 5.02 Å². The van der Waals surface area contributed by atoms with Gasteiger partial charge in [-0.3, -0.25) is 4.79 Å². The average molecular weight is 364 g/mol. The number of halogens is 1. The number of esters is 1. The Morgan fingerprint density at radius 3 is 2.56 bits per heavy atom. The topological polar surface area (TPSA) is 73.9 Å². The van der Waals surface area contributed by atoms with Gasteiger partial charge in [0.05, 0.1) is 7.11 Å². The van der Waals surface area contributed by atoms with Crippen molar-refractivity contribution in [2.24, 2.45) is 0 Å². The van der Waals surface area contributed by atoms with Gasteiger partial charge < -0.3 is 19.5 Å². The molecule has 0 aromatic heterocycles. The van der Waals surface area contributed by atoms with Crippen LogP contribution in [0.15, 0.2) is 48.5 Å². The molecule has 0 unspecified atom stereocenters. The summed E-state index contributed by atoms with van der Waals surface area (Å²) >= 11 is 5.83. The fraction of sp³-hybridized carbons (Fsp3) is 0.222. The molecule has 0 heterocycles. The summed E-state index contributed by atoms with van der Waals surface area (Å²) < 4.78 is 15.4. The summed E-state index contributed by atoms with van der Waals surface area (Å²) in [5.41, 5.74) is 0.544. The van der Waals surface area contributed by atoms with E-state index >= 15 is 0 Å². The van der Waals surface area contributed by atoms with Crippen molar-refractivity contribution in [1.29, 1.82) is 0 Å². The van der Waals surface area contributed by atoms with E-state index in [1.165, 1.54) is 14.0 Å². The molecule has 0 saturated heterocycles. The molecule has 0 fully saturated rings. The molecule has 1 N–H and O–H groups in total. The second kappa shape index (κ2) is 8.94. The fourth-order valence-electron chi connectivity index (χ4n) is 1.93. The van der Waals surface area contributed by atoms with Crippen molar-refractivity contribution in [3.63, 3.8) is 0 Å². The van der Waals surface area contributed by atoms with Gasteiger partial charge in [-0.05, 0) is 37.3 Å². The van der Waals surface area contributed by atoms with E-state index in [0.29, 0.717) is 22.2 Å². The number of amides is 1. The fourth-order valence-corrected chi connectivity index (χ4v) is 2.11. The van der Waals surface area contributed by atoms with Gasteiger partial charge in [-0.2, -0.15) is 0 Å². The van der Waals surface area contributed by atoms with E-state index in [2.05, 4.69) is 5.32 Å². The Morgan fingerprint density at radius 2 is 1.84 bits per heavy atom. The number of carbonyl (C=O) groups is 2. The Morgan fingerprint density at radius 1 is 1.12 bits per heavy atom. The molecule has 1 amide bonds. The minimum Gasteiger partial charge on any atom is -0.497 e. The Labute approximate surface area is 150 Å². The highest BCUT2D eigenvalue weighted by Gasteiger charge is 2.18. The number of hydrogen-bond donors (Lipinski definition) is 1. The van der Waals surface area contributed by atoms with Crippen molar-refractivity contribution in [3.05, 3.63) is 53.6 Å². The van der Waals surface area contributed by atoms with Gasteiger partial charge in [-0.15, -0.1) is 0 Å². The average Bonchev–Trinajstić information content (AvgIpc) is 2.60. The van der Waals surface area contributed by atoms with Crippen molar-refractivity contribution in [2.75, 3.05) is 19.0 Å². The minimum atomic E-state index is -0.971. The Bertz CT molecular complexity index is 750. The molecular formula is C18H18ClNO5. The quantitative estimate of drug-likeness (QED) is 0.764. The number of ether oxygens (including phenoxy) is 3. The van der Waals surface area contributed by atoms with Crippen LogP contribution in [0, 0.1) is 0 Å². The van der Waals surface area contributed by atoms with Crippen LogP contribution in [-0.2, 0) is 14.3 Å². The number of anilines is 1.